The number of furan rings is 1. The number of nitrogens with zero attached hydrogens (tertiary/aromatic N) is 1. The summed E-state index contributed by atoms with van der Waals surface area (Å²) in [6.07, 6.45) is 0. The number of thioether (sulfide) groups is 1. The van der Waals surface area contributed by atoms with Crippen LogP contribution in [0.25, 0.3) is 11.0 Å². The van der Waals surface area contributed by atoms with Gasteiger partial charge in [0.2, 0.25) is 0 Å². The Morgan fingerprint density at radius 3 is 2.84 bits per heavy atom. The summed E-state index contributed by atoms with van der Waals surface area (Å²) in [6, 6.07) is 13.4. The Balaban J connectivity index is 1.35. The zero-order chi connectivity index (χ0) is 21.2. The Bertz CT molecular complexity index is 1250. The number of rotatable bonds is 6. The van der Waals surface area contributed by atoms with Crippen molar-refractivity contribution in [2.75, 3.05) is 13.2 Å². The number of aryl methyl sites for hydroxylation is 1. The smallest absolute Gasteiger partial charge is 0.287 e. The number of ether oxygens (including phenoxy) is 2. The van der Waals surface area contributed by atoms with Crippen molar-refractivity contribution in [2.24, 2.45) is 0 Å². The maximum Gasteiger partial charge on any atom is 0.287 e. The number of carbonyl (C=O) groups excluding carboxylic acids is 1. The quantitative estimate of drug-likeness (QED) is 0.406. The molecule has 0 spiro atoms. The maximum absolute atomic E-state index is 13.0. The summed E-state index contributed by atoms with van der Waals surface area (Å²) in [4.78, 5) is 17.5. The Hall–Kier alpha value is -2.97. The zero-order valence-corrected chi connectivity index (χ0v) is 18.5. The number of aromatic nitrogens is 1. The van der Waals surface area contributed by atoms with E-state index in [1.54, 1.807) is 23.1 Å². The summed E-state index contributed by atoms with van der Waals surface area (Å²) in [5.41, 5.74) is 3.52. The summed E-state index contributed by atoms with van der Waals surface area (Å²) in [5, 5.41) is 5.95. The van der Waals surface area contributed by atoms with E-state index in [2.05, 4.69) is 10.3 Å². The molecule has 0 saturated heterocycles. The van der Waals surface area contributed by atoms with E-state index < -0.39 is 0 Å². The molecule has 0 radical (unpaired) electrons. The first-order chi connectivity index (χ1) is 15.2. The normalized spacial score (nSPS) is 12.8. The van der Waals surface area contributed by atoms with Gasteiger partial charge >= 0.3 is 0 Å². The second-order valence-corrected chi connectivity index (χ2v) is 9.19. The van der Waals surface area contributed by atoms with Gasteiger partial charge in [-0.05, 0) is 30.7 Å². The first-order valence-corrected chi connectivity index (χ1v) is 11.8. The lowest BCUT2D eigenvalue weighted by Gasteiger charge is -2.18. The number of amides is 1. The van der Waals surface area contributed by atoms with Gasteiger partial charge in [0.05, 0.1) is 0 Å². The van der Waals surface area contributed by atoms with Gasteiger partial charge in [-0.1, -0.05) is 36.0 Å². The molecule has 0 aliphatic carbocycles. The standard InChI is InChI=1S/C23H20N2O4S2/c1-14-12-30-23(25-14)31-13-17-16-4-2-3-5-18(16)29-21(17)22(26)24-11-15-6-7-19-20(10-15)28-9-8-27-19/h2-7,10,12H,8-9,11,13H2,1H3,(H,24,26). The predicted octanol–water partition coefficient (Wildman–Crippen LogP) is 5.19. The number of nitrogens with one attached hydrogen (secondary N) is 1. The van der Waals surface area contributed by atoms with Crippen LogP contribution in [-0.2, 0) is 12.3 Å². The van der Waals surface area contributed by atoms with Crippen LogP contribution >= 0.6 is 23.1 Å². The molecular formula is C23H20N2O4S2. The molecule has 2 aromatic heterocycles. The van der Waals surface area contributed by atoms with Gasteiger partial charge in [-0.25, -0.2) is 4.98 Å². The predicted molar refractivity (Wildman–Crippen MR) is 121 cm³/mol. The highest BCUT2D eigenvalue weighted by Gasteiger charge is 2.21. The van der Waals surface area contributed by atoms with Crippen LogP contribution < -0.4 is 14.8 Å². The molecule has 1 aliphatic heterocycles. The number of fused-ring (bicyclic) bond motifs is 2. The maximum atomic E-state index is 13.0. The van der Waals surface area contributed by atoms with E-state index in [1.807, 2.05) is 54.8 Å². The first kappa shape index (κ1) is 20.0. The molecule has 0 saturated carbocycles. The largest absolute Gasteiger partial charge is 0.486 e. The molecule has 1 amide bonds. The van der Waals surface area contributed by atoms with Crippen LogP contribution in [0.5, 0.6) is 11.5 Å². The third-order valence-corrected chi connectivity index (χ3v) is 7.07. The molecule has 1 aliphatic rings. The molecule has 3 heterocycles. The van der Waals surface area contributed by atoms with Crippen molar-refractivity contribution in [1.29, 1.82) is 0 Å². The van der Waals surface area contributed by atoms with E-state index in [0.717, 1.165) is 32.3 Å². The molecule has 8 heteroatoms. The minimum Gasteiger partial charge on any atom is -0.486 e. The number of hydrogen-bond acceptors (Lipinski definition) is 7. The van der Waals surface area contributed by atoms with Crippen LogP contribution in [0, 0.1) is 6.92 Å². The molecule has 5 rings (SSSR count). The number of thiazole rings is 1. The number of hydrogen-bond donors (Lipinski definition) is 1. The monoisotopic (exact) mass is 452 g/mol. The lowest BCUT2D eigenvalue weighted by atomic mass is 10.1. The first-order valence-electron chi connectivity index (χ1n) is 9.89. The minimum absolute atomic E-state index is 0.239. The minimum atomic E-state index is -0.239. The summed E-state index contributed by atoms with van der Waals surface area (Å²) >= 11 is 3.22. The van der Waals surface area contributed by atoms with Gasteiger partial charge in [0.15, 0.2) is 17.3 Å². The summed E-state index contributed by atoms with van der Waals surface area (Å²) < 4.78 is 18.1. The van der Waals surface area contributed by atoms with Gasteiger partial charge in [0.1, 0.15) is 23.1 Å². The fourth-order valence-electron chi connectivity index (χ4n) is 3.42. The van der Waals surface area contributed by atoms with E-state index in [-0.39, 0.29) is 5.91 Å². The van der Waals surface area contributed by atoms with Crippen molar-refractivity contribution in [3.8, 4) is 11.5 Å². The zero-order valence-electron chi connectivity index (χ0n) is 16.8. The molecule has 2 aromatic carbocycles. The highest BCUT2D eigenvalue weighted by molar-refractivity contribution is 8.00. The third-order valence-electron chi connectivity index (χ3n) is 4.90. The molecular weight excluding hydrogens is 432 g/mol. The molecule has 0 bridgehead atoms. The van der Waals surface area contributed by atoms with Crippen molar-refractivity contribution in [3.63, 3.8) is 0 Å². The summed E-state index contributed by atoms with van der Waals surface area (Å²) in [7, 11) is 0. The Kier molecular flexibility index (Phi) is 5.57. The molecule has 4 aromatic rings. The SMILES string of the molecule is Cc1csc(SCc2c(C(=O)NCc3ccc4c(c3)OCCO4)oc3ccccc23)n1. The average Bonchev–Trinajstić information content (AvgIpc) is 3.39. The fourth-order valence-corrected chi connectivity index (χ4v) is 5.30. The molecule has 31 heavy (non-hydrogen) atoms. The fraction of sp³-hybridized carbons (Fsp3) is 0.217. The van der Waals surface area contributed by atoms with Gasteiger partial charge in [-0.3, -0.25) is 4.79 Å². The van der Waals surface area contributed by atoms with Gasteiger partial charge in [-0.15, -0.1) is 11.3 Å². The van der Waals surface area contributed by atoms with Crippen LogP contribution in [0.2, 0.25) is 0 Å². The topological polar surface area (TPSA) is 73.6 Å². The third kappa shape index (κ3) is 4.26. The number of carbonyl (C=O) groups is 1. The van der Waals surface area contributed by atoms with Crippen LogP contribution in [0.15, 0.2) is 56.6 Å². The van der Waals surface area contributed by atoms with Crippen molar-refractivity contribution in [3.05, 3.63) is 70.4 Å². The van der Waals surface area contributed by atoms with E-state index in [9.17, 15) is 4.79 Å². The van der Waals surface area contributed by atoms with E-state index in [4.69, 9.17) is 13.9 Å². The van der Waals surface area contributed by atoms with Crippen molar-refractivity contribution in [1.82, 2.24) is 10.3 Å². The highest BCUT2D eigenvalue weighted by Crippen LogP contribution is 2.34. The second-order valence-electron chi connectivity index (χ2n) is 7.11. The second kappa shape index (κ2) is 8.64. The van der Waals surface area contributed by atoms with Gasteiger partial charge < -0.3 is 19.2 Å². The lowest BCUT2D eigenvalue weighted by Crippen LogP contribution is -2.23. The summed E-state index contributed by atoms with van der Waals surface area (Å²) in [6.45, 7) is 3.42. The van der Waals surface area contributed by atoms with Crippen LogP contribution in [0.3, 0.4) is 0 Å². The lowest BCUT2D eigenvalue weighted by molar-refractivity contribution is 0.0924. The molecule has 158 valence electrons. The number of benzene rings is 2. The molecule has 0 atom stereocenters. The molecule has 0 fully saturated rings. The van der Waals surface area contributed by atoms with Crippen LogP contribution in [0.1, 0.15) is 27.4 Å². The molecule has 1 N–H and O–H groups in total. The summed E-state index contributed by atoms with van der Waals surface area (Å²) in [5.74, 6) is 2.15. The molecule has 0 unspecified atom stereocenters. The van der Waals surface area contributed by atoms with Crippen molar-refractivity contribution < 1.29 is 18.7 Å². The van der Waals surface area contributed by atoms with E-state index in [0.29, 0.717) is 42.6 Å². The highest BCUT2D eigenvalue weighted by atomic mass is 32.2. The van der Waals surface area contributed by atoms with Gasteiger partial charge in [0.25, 0.3) is 5.91 Å². The van der Waals surface area contributed by atoms with Crippen LogP contribution in [0.4, 0.5) is 0 Å². The van der Waals surface area contributed by atoms with Crippen LogP contribution in [-0.4, -0.2) is 24.1 Å². The Morgan fingerprint density at radius 2 is 2.00 bits per heavy atom. The van der Waals surface area contributed by atoms with Gasteiger partial charge in [0, 0.05) is 34.3 Å². The Morgan fingerprint density at radius 1 is 1.16 bits per heavy atom. The average molecular weight is 453 g/mol. The van der Waals surface area contributed by atoms with E-state index >= 15 is 0 Å². The van der Waals surface area contributed by atoms with Crippen molar-refractivity contribution >= 4 is 40.0 Å². The number of para-hydroxylation sites is 1. The Labute approximate surface area is 187 Å². The van der Waals surface area contributed by atoms with Crippen molar-refractivity contribution in [2.45, 2.75) is 23.6 Å². The molecule has 6 nitrogen and oxygen atoms in total. The van der Waals surface area contributed by atoms with E-state index in [1.165, 1.54) is 0 Å². The van der Waals surface area contributed by atoms with Gasteiger partial charge in [-0.2, -0.15) is 0 Å².